The average Bonchev–Trinajstić information content (AvgIpc) is 2.60. The second-order valence-electron chi connectivity index (χ2n) is 6.14. The van der Waals surface area contributed by atoms with Crippen LogP contribution in [0.2, 0.25) is 0 Å². The molecule has 1 heterocycles. The van der Waals surface area contributed by atoms with Gasteiger partial charge in [-0.15, -0.1) is 0 Å². The standard InChI is InChI=1S/C16H23FN2O5S/c1-23-11-16(5-7-18-8-6-16)10-19-25(21,22)12-3-4-13(14(17)9-12)15(20)24-2/h3-4,9,18-19H,5-8,10-11H2,1-2H3. The van der Waals surface area contributed by atoms with Gasteiger partial charge in [-0.25, -0.2) is 22.3 Å². The van der Waals surface area contributed by atoms with Crippen molar-refractivity contribution in [3.63, 3.8) is 0 Å². The van der Waals surface area contributed by atoms with Gasteiger partial charge in [0.05, 0.1) is 24.2 Å². The summed E-state index contributed by atoms with van der Waals surface area (Å²) in [4.78, 5) is 11.2. The first kappa shape index (κ1) is 19.8. The van der Waals surface area contributed by atoms with Crippen LogP contribution in [0.25, 0.3) is 0 Å². The van der Waals surface area contributed by atoms with Gasteiger partial charge in [0.1, 0.15) is 5.82 Å². The number of esters is 1. The summed E-state index contributed by atoms with van der Waals surface area (Å²) in [6.07, 6.45) is 1.55. The molecule has 0 saturated carbocycles. The Kier molecular flexibility index (Phi) is 6.50. The van der Waals surface area contributed by atoms with Crippen molar-refractivity contribution in [3.05, 3.63) is 29.6 Å². The fraction of sp³-hybridized carbons (Fsp3) is 0.562. The summed E-state index contributed by atoms with van der Waals surface area (Å²) in [5, 5.41) is 3.23. The van der Waals surface area contributed by atoms with Crippen molar-refractivity contribution in [2.75, 3.05) is 40.5 Å². The highest BCUT2D eigenvalue weighted by Gasteiger charge is 2.33. The smallest absolute Gasteiger partial charge is 0.340 e. The lowest BCUT2D eigenvalue weighted by Gasteiger charge is -2.37. The molecule has 0 atom stereocenters. The van der Waals surface area contributed by atoms with Gasteiger partial charge >= 0.3 is 5.97 Å². The van der Waals surface area contributed by atoms with Crippen molar-refractivity contribution >= 4 is 16.0 Å². The number of carbonyl (C=O) groups excluding carboxylic acids is 1. The molecule has 2 rings (SSSR count). The van der Waals surface area contributed by atoms with Crippen LogP contribution >= 0.6 is 0 Å². The van der Waals surface area contributed by atoms with E-state index >= 15 is 0 Å². The van der Waals surface area contributed by atoms with Crippen molar-refractivity contribution in [2.24, 2.45) is 5.41 Å². The maximum Gasteiger partial charge on any atom is 0.340 e. The van der Waals surface area contributed by atoms with Gasteiger partial charge in [0.15, 0.2) is 0 Å². The highest BCUT2D eigenvalue weighted by atomic mass is 32.2. The molecule has 0 unspecified atom stereocenters. The zero-order chi connectivity index (χ0) is 18.5. The molecule has 7 nitrogen and oxygen atoms in total. The summed E-state index contributed by atoms with van der Waals surface area (Å²) in [7, 11) is -1.20. The molecular formula is C16H23FN2O5S. The lowest BCUT2D eigenvalue weighted by molar-refractivity contribution is 0.0577. The van der Waals surface area contributed by atoms with Crippen LogP contribution in [0.15, 0.2) is 23.1 Å². The van der Waals surface area contributed by atoms with Crippen LogP contribution in [0.1, 0.15) is 23.2 Å². The molecule has 0 spiro atoms. The van der Waals surface area contributed by atoms with E-state index in [0.29, 0.717) is 6.61 Å². The third kappa shape index (κ3) is 4.75. The molecule has 1 aliphatic rings. The van der Waals surface area contributed by atoms with Crippen molar-refractivity contribution in [1.29, 1.82) is 0 Å². The van der Waals surface area contributed by atoms with Gasteiger partial charge in [0.25, 0.3) is 0 Å². The molecule has 1 fully saturated rings. The Morgan fingerprint density at radius 2 is 2.00 bits per heavy atom. The third-order valence-corrected chi connectivity index (χ3v) is 5.81. The minimum atomic E-state index is -3.91. The summed E-state index contributed by atoms with van der Waals surface area (Å²) < 4.78 is 51.2. The summed E-state index contributed by atoms with van der Waals surface area (Å²) in [5.41, 5.74) is -0.604. The van der Waals surface area contributed by atoms with Crippen molar-refractivity contribution in [3.8, 4) is 0 Å². The molecule has 0 amide bonds. The predicted octanol–water partition coefficient (Wildman–Crippen LogP) is 0.907. The van der Waals surface area contributed by atoms with E-state index < -0.39 is 21.8 Å². The van der Waals surface area contributed by atoms with Gasteiger partial charge in [-0.3, -0.25) is 0 Å². The third-order valence-electron chi connectivity index (χ3n) is 4.41. The Morgan fingerprint density at radius 1 is 1.32 bits per heavy atom. The molecule has 9 heteroatoms. The fourth-order valence-electron chi connectivity index (χ4n) is 2.91. The van der Waals surface area contributed by atoms with Gasteiger partial charge in [-0.2, -0.15) is 0 Å². The number of hydrogen-bond donors (Lipinski definition) is 2. The lowest BCUT2D eigenvalue weighted by Crippen LogP contribution is -2.47. The first-order valence-electron chi connectivity index (χ1n) is 7.91. The summed E-state index contributed by atoms with van der Waals surface area (Å²) in [6.45, 7) is 2.21. The monoisotopic (exact) mass is 374 g/mol. The van der Waals surface area contributed by atoms with E-state index in [1.165, 1.54) is 6.07 Å². The predicted molar refractivity (Wildman–Crippen MR) is 89.3 cm³/mol. The molecule has 0 bridgehead atoms. The van der Waals surface area contributed by atoms with Gasteiger partial charge in [-0.1, -0.05) is 0 Å². The summed E-state index contributed by atoms with van der Waals surface area (Å²) >= 11 is 0. The maximum atomic E-state index is 14.0. The molecule has 0 aliphatic carbocycles. The van der Waals surface area contributed by atoms with Gasteiger partial charge in [0, 0.05) is 19.1 Å². The number of carbonyl (C=O) groups is 1. The number of methoxy groups -OCH3 is 2. The van der Waals surface area contributed by atoms with Crippen LogP contribution in [0.4, 0.5) is 4.39 Å². The normalized spacial score (nSPS) is 17.2. The molecule has 0 radical (unpaired) electrons. The number of benzene rings is 1. The first-order chi connectivity index (χ1) is 11.8. The van der Waals surface area contributed by atoms with E-state index in [4.69, 9.17) is 4.74 Å². The SMILES string of the molecule is COCC1(CNS(=O)(=O)c2ccc(C(=O)OC)c(F)c2)CCNCC1. The lowest BCUT2D eigenvalue weighted by atomic mass is 9.80. The highest BCUT2D eigenvalue weighted by molar-refractivity contribution is 7.89. The van der Waals surface area contributed by atoms with Crippen LogP contribution in [-0.4, -0.2) is 54.8 Å². The minimum Gasteiger partial charge on any atom is -0.465 e. The van der Waals surface area contributed by atoms with Gasteiger partial charge in [0.2, 0.25) is 10.0 Å². The Hall–Kier alpha value is -1.55. The Bertz CT molecular complexity index is 712. The number of nitrogens with one attached hydrogen (secondary N) is 2. The molecule has 1 saturated heterocycles. The van der Waals surface area contributed by atoms with E-state index in [-0.39, 0.29) is 22.4 Å². The summed E-state index contributed by atoms with van der Waals surface area (Å²) in [6, 6.07) is 3.11. The molecule has 140 valence electrons. The zero-order valence-corrected chi connectivity index (χ0v) is 15.1. The van der Waals surface area contributed by atoms with E-state index in [2.05, 4.69) is 14.8 Å². The Morgan fingerprint density at radius 3 is 2.56 bits per heavy atom. The molecule has 1 aliphatic heterocycles. The van der Waals surface area contributed by atoms with Gasteiger partial charge in [-0.05, 0) is 44.1 Å². The van der Waals surface area contributed by atoms with E-state index in [1.807, 2.05) is 0 Å². The molecule has 1 aromatic carbocycles. The fourth-order valence-corrected chi connectivity index (χ4v) is 4.07. The number of hydrogen-bond acceptors (Lipinski definition) is 6. The van der Waals surface area contributed by atoms with Crippen molar-refractivity contribution in [2.45, 2.75) is 17.7 Å². The van der Waals surface area contributed by atoms with E-state index in [1.54, 1.807) is 7.11 Å². The topological polar surface area (TPSA) is 93.7 Å². The molecule has 2 N–H and O–H groups in total. The first-order valence-corrected chi connectivity index (χ1v) is 9.39. The van der Waals surface area contributed by atoms with Crippen LogP contribution < -0.4 is 10.0 Å². The minimum absolute atomic E-state index is 0.200. The number of rotatable bonds is 7. The second kappa shape index (κ2) is 8.22. The van der Waals surface area contributed by atoms with Crippen LogP contribution in [0, 0.1) is 11.2 Å². The molecule has 1 aromatic rings. The number of sulfonamides is 1. The average molecular weight is 374 g/mol. The molecule has 0 aromatic heterocycles. The maximum absolute atomic E-state index is 14.0. The quantitative estimate of drug-likeness (QED) is 0.689. The number of halogens is 1. The molecular weight excluding hydrogens is 351 g/mol. The Labute approximate surface area is 146 Å². The number of piperidine rings is 1. The Balaban J connectivity index is 2.15. The zero-order valence-electron chi connectivity index (χ0n) is 14.3. The molecule has 25 heavy (non-hydrogen) atoms. The van der Waals surface area contributed by atoms with Crippen molar-refractivity contribution in [1.82, 2.24) is 10.0 Å². The van der Waals surface area contributed by atoms with E-state index in [0.717, 1.165) is 45.2 Å². The van der Waals surface area contributed by atoms with Crippen molar-refractivity contribution < 1.29 is 27.1 Å². The van der Waals surface area contributed by atoms with Gasteiger partial charge < -0.3 is 14.8 Å². The van der Waals surface area contributed by atoms with Crippen LogP contribution in [-0.2, 0) is 19.5 Å². The largest absolute Gasteiger partial charge is 0.465 e. The highest BCUT2D eigenvalue weighted by Crippen LogP contribution is 2.29. The second-order valence-corrected chi connectivity index (χ2v) is 7.91. The number of ether oxygens (including phenoxy) is 2. The van der Waals surface area contributed by atoms with Crippen LogP contribution in [0.5, 0.6) is 0 Å². The summed E-state index contributed by atoms with van der Waals surface area (Å²) in [5.74, 6) is -1.80. The van der Waals surface area contributed by atoms with Crippen LogP contribution in [0.3, 0.4) is 0 Å². The van der Waals surface area contributed by atoms with E-state index in [9.17, 15) is 17.6 Å².